The van der Waals surface area contributed by atoms with Crippen LogP contribution in [0.1, 0.15) is 12.5 Å². The lowest BCUT2D eigenvalue weighted by Gasteiger charge is -2.18. The molecular weight excluding hydrogens is 234 g/mol. The second kappa shape index (κ2) is 5.15. The Morgan fingerprint density at radius 2 is 2.29 bits per heavy atom. The number of alkyl halides is 1. The highest BCUT2D eigenvalue weighted by molar-refractivity contribution is 6.26. The van der Waals surface area contributed by atoms with Crippen LogP contribution >= 0.6 is 11.6 Å². The van der Waals surface area contributed by atoms with E-state index in [2.05, 4.69) is 10.6 Å². The summed E-state index contributed by atoms with van der Waals surface area (Å²) in [5, 5.41) is 6.26. The number of nitrogens with one attached hydrogen (secondary N) is 2. The van der Waals surface area contributed by atoms with Crippen LogP contribution in [-0.4, -0.2) is 12.0 Å². The number of dihydropyridines is 1. The van der Waals surface area contributed by atoms with Gasteiger partial charge in [0.25, 0.3) is 0 Å². The molecule has 1 atom stereocenters. The largest absolute Gasteiger partial charge is 0.397 e. The van der Waals surface area contributed by atoms with Gasteiger partial charge in [-0.3, -0.25) is 0 Å². The first-order chi connectivity index (χ1) is 8.22. The van der Waals surface area contributed by atoms with Crippen LogP contribution in [0, 0.1) is 0 Å². The van der Waals surface area contributed by atoms with E-state index < -0.39 is 0 Å². The summed E-state index contributed by atoms with van der Waals surface area (Å²) in [6, 6.07) is 5.95. The van der Waals surface area contributed by atoms with Crippen molar-refractivity contribution in [3.8, 4) is 0 Å². The number of nitrogens with two attached hydrogens (primary N) is 1. The minimum Gasteiger partial charge on any atom is -0.397 e. The van der Waals surface area contributed by atoms with Gasteiger partial charge in [-0.15, -0.1) is 0 Å². The number of anilines is 2. The summed E-state index contributed by atoms with van der Waals surface area (Å²) in [6.07, 6.45) is 5.76. The van der Waals surface area contributed by atoms with Crippen LogP contribution in [0.5, 0.6) is 0 Å². The molecule has 0 bridgehead atoms. The maximum atomic E-state index is 6.18. The van der Waals surface area contributed by atoms with Gasteiger partial charge in [0.1, 0.15) is 5.50 Å². The maximum Gasteiger partial charge on any atom is 0.127 e. The summed E-state index contributed by atoms with van der Waals surface area (Å²) in [4.78, 5) is 0. The predicted octanol–water partition coefficient (Wildman–Crippen LogP) is 2.77. The highest BCUT2D eigenvalue weighted by Crippen LogP contribution is 2.28. The average molecular weight is 250 g/mol. The van der Waals surface area contributed by atoms with Crippen molar-refractivity contribution in [3.63, 3.8) is 0 Å². The zero-order valence-electron chi connectivity index (χ0n) is 9.70. The topological polar surface area (TPSA) is 50.1 Å². The number of hydrogen-bond donors (Lipinski definition) is 3. The molecule has 1 unspecified atom stereocenters. The van der Waals surface area contributed by atoms with E-state index in [-0.39, 0.29) is 5.50 Å². The van der Waals surface area contributed by atoms with E-state index in [0.717, 1.165) is 29.1 Å². The van der Waals surface area contributed by atoms with Crippen molar-refractivity contribution in [1.82, 2.24) is 5.32 Å². The zero-order valence-corrected chi connectivity index (χ0v) is 10.5. The SMILES string of the molecule is CCNc1ccc(C2=CC=CNC2Cl)cc1N. The molecule has 1 heterocycles. The Bertz CT molecular complexity index is 466. The molecule has 90 valence electrons. The van der Waals surface area contributed by atoms with Crippen LogP contribution in [-0.2, 0) is 0 Å². The number of allylic oxidation sites excluding steroid dienone is 2. The van der Waals surface area contributed by atoms with Crippen molar-refractivity contribution in [3.05, 3.63) is 42.1 Å². The quantitative estimate of drug-likeness (QED) is 0.439. The van der Waals surface area contributed by atoms with Crippen LogP contribution in [0.25, 0.3) is 5.57 Å². The molecule has 0 amide bonds. The first-order valence-corrected chi connectivity index (χ1v) is 6.06. The van der Waals surface area contributed by atoms with Gasteiger partial charge in [0.05, 0.1) is 11.4 Å². The maximum absolute atomic E-state index is 6.18. The van der Waals surface area contributed by atoms with Gasteiger partial charge >= 0.3 is 0 Å². The summed E-state index contributed by atoms with van der Waals surface area (Å²) in [5.41, 5.74) is 9.56. The van der Waals surface area contributed by atoms with Crippen LogP contribution in [0.2, 0.25) is 0 Å². The molecule has 4 heteroatoms. The molecule has 2 rings (SSSR count). The summed E-state index contributed by atoms with van der Waals surface area (Å²) >= 11 is 6.18. The van der Waals surface area contributed by atoms with Gasteiger partial charge in [-0.25, -0.2) is 0 Å². The summed E-state index contributed by atoms with van der Waals surface area (Å²) in [6.45, 7) is 2.90. The highest BCUT2D eigenvalue weighted by Gasteiger charge is 2.14. The number of halogens is 1. The van der Waals surface area contributed by atoms with Gasteiger partial charge in [0, 0.05) is 6.54 Å². The lowest BCUT2D eigenvalue weighted by Crippen LogP contribution is -2.21. The lowest BCUT2D eigenvalue weighted by atomic mass is 10.0. The Balaban J connectivity index is 2.31. The average Bonchev–Trinajstić information content (AvgIpc) is 2.33. The highest BCUT2D eigenvalue weighted by atomic mass is 35.5. The monoisotopic (exact) mass is 249 g/mol. The predicted molar refractivity (Wildman–Crippen MR) is 74.9 cm³/mol. The fourth-order valence-electron chi connectivity index (χ4n) is 1.80. The van der Waals surface area contributed by atoms with Crippen LogP contribution in [0.15, 0.2) is 36.6 Å². The van der Waals surface area contributed by atoms with Gasteiger partial charge in [-0.05, 0) is 42.5 Å². The fraction of sp³-hybridized carbons (Fsp3) is 0.231. The Morgan fingerprint density at radius 3 is 2.94 bits per heavy atom. The standard InChI is InChI=1S/C13H16ClN3/c1-2-16-12-6-5-9(8-11(12)15)10-4-3-7-17-13(10)14/h3-8,13,16-17H,2,15H2,1H3. The van der Waals surface area contributed by atoms with Gasteiger partial charge in [0.2, 0.25) is 0 Å². The third kappa shape index (κ3) is 2.56. The van der Waals surface area contributed by atoms with E-state index >= 15 is 0 Å². The van der Waals surface area contributed by atoms with E-state index in [0.29, 0.717) is 0 Å². The van der Waals surface area contributed by atoms with Crippen molar-refractivity contribution in [2.45, 2.75) is 12.4 Å². The molecular formula is C13H16ClN3. The first-order valence-electron chi connectivity index (χ1n) is 5.63. The third-order valence-corrected chi connectivity index (χ3v) is 3.00. The zero-order chi connectivity index (χ0) is 12.3. The molecule has 3 nitrogen and oxygen atoms in total. The van der Waals surface area contributed by atoms with E-state index in [1.807, 2.05) is 43.5 Å². The van der Waals surface area contributed by atoms with Gasteiger partial charge < -0.3 is 16.4 Å². The molecule has 0 saturated carbocycles. The van der Waals surface area contributed by atoms with Crippen LogP contribution in [0.4, 0.5) is 11.4 Å². The Labute approximate surface area is 106 Å². The Kier molecular flexibility index (Phi) is 3.59. The smallest absolute Gasteiger partial charge is 0.127 e. The summed E-state index contributed by atoms with van der Waals surface area (Å²) in [5.74, 6) is 0. The molecule has 1 aliphatic rings. The second-order valence-electron chi connectivity index (χ2n) is 3.84. The molecule has 17 heavy (non-hydrogen) atoms. The van der Waals surface area contributed by atoms with Crippen LogP contribution < -0.4 is 16.4 Å². The lowest BCUT2D eigenvalue weighted by molar-refractivity contribution is 0.918. The summed E-state index contributed by atoms with van der Waals surface area (Å²) in [7, 11) is 0. The van der Waals surface area contributed by atoms with Crippen molar-refractivity contribution >= 4 is 28.5 Å². The number of hydrogen-bond acceptors (Lipinski definition) is 3. The van der Waals surface area contributed by atoms with Crippen molar-refractivity contribution in [1.29, 1.82) is 0 Å². The molecule has 4 N–H and O–H groups in total. The fourth-order valence-corrected chi connectivity index (χ4v) is 2.07. The molecule has 0 saturated heterocycles. The molecule has 0 aliphatic carbocycles. The normalized spacial score (nSPS) is 18.5. The number of nitrogen functional groups attached to an aromatic ring is 1. The third-order valence-electron chi connectivity index (χ3n) is 2.64. The summed E-state index contributed by atoms with van der Waals surface area (Å²) < 4.78 is 0. The molecule has 0 spiro atoms. The molecule has 0 aromatic heterocycles. The van der Waals surface area contributed by atoms with Crippen molar-refractivity contribution < 1.29 is 0 Å². The first kappa shape index (κ1) is 11.9. The minimum atomic E-state index is -0.204. The molecule has 0 radical (unpaired) electrons. The van der Waals surface area contributed by atoms with E-state index in [1.165, 1.54) is 0 Å². The molecule has 1 aromatic rings. The molecule has 1 aromatic carbocycles. The van der Waals surface area contributed by atoms with Gasteiger partial charge in [0.15, 0.2) is 0 Å². The van der Waals surface area contributed by atoms with Crippen molar-refractivity contribution in [2.75, 3.05) is 17.6 Å². The van der Waals surface area contributed by atoms with Crippen molar-refractivity contribution in [2.24, 2.45) is 0 Å². The minimum absolute atomic E-state index is 0.204. The Hall–Kier alpha value is -1.61. The van der Waals surface area contributed by atoms with E-state index in [9.17, 15) is 0 Å². The number of rotatable bonds is 3. The van der Waals surface area contributed by atoms with Gasteiger partial charge in [-0.2, -0.15) is 0 Å². The second-order valence-corrected chi connectivity index (χ2v) is 4.28. The van der Waals surface area contributed by atoms with Crippen LogP contribution in [0.3, 0.4) is 0 Å². The van der Waals surface area contributed by atoms with E-state index in [1.54, 1.807) is 0 Å². The van der Waals surface area contributed by atoms with E-state index in [4.69, 9.17) is 17.3 Å². The van der Waals surface area contributed by atoms with Gasteiger partial charge in [-0.1, -0.05) is 23.7 Å². The number of benzene rings is 1. The Morgan fingerprint density at radius 1 is 1.47 bits per heavy atom. The molecule has 0 fully saturated rings. The molecule has 1 aliphatic heterocycles.